The number of hydrogen-bond acceptors (Lipinski definition) is 6. The standard InChI is InChI=1S/C32H39BrClN3O5/c1-4-6-8-9-13-17-26(16-7-5-2)42-31(40)37(24-14-11-10-12-15-24)30(39)32(34,28-27(33)22-35-36-28)29(38)23-18-20-25(41-3)21-19-23/h10-12,14-15,18-22,26H,4-9,13,16-17H2,1-3H3,(H,35,36). The topological polar surface area (TPSA) is 102 Å². The Morgan fingerprint density at radius 2 is 1.60 bits per heavy atom. The summed E-state index contributed by atoms with van der Waals surface area (Å²) in [7, 11) is 1.51. The number of methoxy groups -OCH3 is 1. The van der Waals surface area contributed by atoms with Gasteiger partial charge in [-0.05, 0) is 71.6 Å². The number of carbonyl (C=O) groups is 3. The number of amides is 2. The number of Topliss-reactive ketones (excluding diaryl/α,β-unsaturated/α-hetero) is 1. The maximum absolute atomic E-state index is 14.5. The molecule has 42 heavy (non-hydrogen) atoms. The number of rotatable bonds is 16. The van der Waals surface area contributed by atoms with E-state index in [1.54, 1.807) is 42.5 Å². The minimum absolute atomic E-state index is 0.00201. The lowest BCUT2D eigenvalue weighted by atomic mass is 9.91. The maximum atomic E-state index is 14.5. The summed E-state index contributed by atoms with van der Waals surface area (Å²) in [5.41, 5.74) is 0.380. The van der Waals surface area contributed by atoms with Gasteiger partial charge in [0, 0.05) is 5.56 Å². The maximum Gasteiger partial charge on any atom is 0.421 e. The van der Waals surface area contributed by atoms with Gasteiger partial charge in [0.1, 0.15) is 11.9 Å². The monoisotopic (exact) mass is 659 g/mol. The number of para-hydroxylation sites is 1. The van der Waals surface area contributed by atoms with Crippen LogP contribution < -0.4 is 9.64 Å². The van der Waals surface area contributed by atoms with Crippen LogP contribution in [0.3, 0.4) is 0 Å². The zero-order valence-electron chi connectivity index (χ0n) is 24.4. The van der Waals surface area contributed by atoms with E-state index in [1.165, 1.54) is 31.9 Å². The van der Waals surface area contributed by atoms with Crippen LogP contribution in [0.15, 0.2) is 65.3 Å². The molecule has 3 aromatic rings. The van der Waals surface area contributed by atoms with E-state index in [-0.39, 0.29) is 23.0 Å². The molecule has 0 saturated carbocycles. The lowest BCUT2D eigenvalue weighted by Crippen LogP contribution is -2.52. The number of benzene rings is 2. The molecule has 1 N–H and O–H groups in total. The number of nitrogens with zero attached hydrogens (tertiary/aromatic N) is 2. The molecule has 0 saturated heterocycles. The zero-order valence-corrected chi connectivity index (χ0v) is 26.7. The quantitative estimate of drug-likeness (QED) is 0.0715. The summed E-state index contributed by atoms with van der Waals surface area (Å²) >= 11 is 10.4. The number of hydrogen-bond donors (Lipinski definition) is 1. The van der Waals surface area contributed by atoms with Crippen molar-refractivity contribution >= 4 is 51.0 Å². The Kier molecular flexibility index (Phi) is 13.1. The van der Waals surface area contributed by atoms with Crippen LogP contribution in [0.25, 0.3) is 0 Å². The number of ether oxygens (including phenoxy) is 2. The number of H-pyrrole nitrogens is 1. The number of alkyl halides is 1. The molecule has 1 aromatic heterocycles. The van der Waals surface area contributed by atoms with Gasteiger partial charge >= 0.3 is 6.09 Å². The molecule has 2 aromatic carbocycles. The van der Waals surface area contributed by atoms with Crippen LogP contribution in [0.4, 0.5) is 10.5 Å². The Labute approximate surface area is 261 Å². The third-order valence-electron chi connectivity index (χ3n) is 7.07. The largest absolute Gasteiger partial charge is 0.497 e. The molecule has 0 fully saturated rings. The van der Waals surface area contributed by atoms with E-state index in [2.05, 4.69) is 40.0 Å². The van der Waals surface area contributed by atoms with Crippen molar-refractivity contribution < 1.29 is 23.9 Å². The molecule has 0 radical (unpaired) electrons. The average molecular weight is 661 g/mol. The van der Waals surface area contributed by atoms with Crippen molar-refractivity contribution in [2.45, 2.75) is 82.6 Å². The molecule has 10 heteroatoms. The van der Waals surface area contributed by atoms with Crippen molar-refractivity contribution in [3.63, 3.8) is 0 Å². The highest BCUT2D eigenvalue weighted by Gasteiger charge is 2.53. The SMILES string of the molecule is CCCCCCCC(CCCC)OC(=O)N(C(=O)C(Cl)(C(=O)c1ccc(OC)cc1)c1[nH]ncc1Br)c1ccccc1. The molecule has 2 atom stereocenters. The number of aromatic nitrogens is 2. The van der Waals surface area contributed by atoms with E-state index in [0.29, 0.717) is 23.1 Å². The molecule has 0 bridgehead atoms. The fourth-order valence-electron chi connectivity index (χ4n) is 4.67. The van der Waals surface area contributed by atoms with E-state index in [4.69, 9.17) is 21.1 Å². The van der Waals surface area contributed by atoms with Gasteiger partial charge in [-0.25, -0.2) is 9.69 Å². The van der Waals surface area contributed by atoms with Gasteiger partial charge in [-0.3, -0.25) is 14.7 Å². The number of imide groups is 1. The Hall–Kier alpha value is -3.17. The number of unbranched alkanes of at least 4 members (excludes halogenated alkanes) is 5. The predicted octanol–water partition coefficient (Wildman–Crippen LogP) is 8.59. The van der Waals surface area contributed by atoms with Crippen molar-refractivity contribution in [1.29, 1.82) is 0 Å². The van der Waals surface area contributed by atoms with Crippen LogP contribution in [0, 0.1) is 0 Å². The van der Waals surface area contributed by atoms with Crippen LogP contribution in [0.5, 0.6) is 5.75 Å². The van der Waals surface area contributed by atoms with Crippen molar-refractivity contribution in [3.05, 3.63) is 76.5 Å². The summed E-state index contributed by atoms with van der Waals surface area (Å²) in [5, 5.41) is 6.66. The molecule has 0 spiro atoms. The van der Waals surface area contributed by atoms with E-state index < -0.39 is 22.7 Å². The molecule has 2 amide bonds. The molecule has 8 nitrogen and oxygen atoms in total. The van der Waals surface area contributed by atoms with E-state index in [9.17, 15) is 14.4 Å². The number of ketones is 1. The predicted molar refractivity (Wildman–Crippen MR) is 168 cm³/mol. The minimum atomic E-state index is -2.38. The third-order valence-corrected chi connectivity index (χ3v) is 8.20. The number of aromatic amines is 1. The lowest BCUT2D eigenvalue weighted by Gasteiger charge is -2.31. The van der Waals surface area contributed by atoms with Crippen molar-refractivity contribution in [3.8, 4) is 5.75 Å². The molecule has 0 aliphatic carbocycles. The van der Waals surface area contributed by atoms with Crippen molar-refractivity contribution in [2.75, 3.05) is 12.0 Å². The molecule has 0 aliphatic heterocycles. The lowest BCUT2D eigenvalue weighted by molar-refractivity contribution is -0.120. The highest BCUT2D eigenvalue weighted by molar-refractivity contribution is 9.10. The van der Waals surface area contributed by atoms with Crippen LogP contribution in [0.2, 0.25) is 0 Å². The van der Waals surface area contributed by atoms with E-state index in [1.807, 2.05) is 0 Å². The van der Waals surface area contributed by atoms with E-state index in [0.717, 1.165) is 43.4 Å². The Morgan fingerprint density at radius 1 is 0.952 bits per heavy atom. The van der Waals surface area contributed by atoms with Crippen LogP contribution in [-0.4, -0.2) is 41.2 Å². The normalized spacial score (nSPS) is 13.2. The first-order valence-electron chi connectivity index (χ1n) is 14.4. The third kappa shape index (κ3) is 8.22. The molecule has 1 heterocycles. The van der Waals surface area contributed by atoms with Gasteiger partial charge in [0.05, 0.1) is 29.2 Å². The molecule has 226 valence electrons. The van der Waals surface area contributed by atoms with Gasteiger partial charge < -0.3 is 9.47 Å². The van der Waals surface area contributed by atoms with Gasteiger partial charge in [0.15, 0.2) is 5.78 Å². The second-order valence-corrected chi connectivity index (χ2v) is 11.6. The van der Waals surface area contributed by atoms with E-state index >= 15 is 0 Å². The minimum Gasteiger partial charge on any atom is -0.497 e. The van der Waals surface area contributed by atoms with Gasteiger partial charge in [-0.1, -0.05) is 82.2 Å². The summed E-state index contributed by atoms with van der Waals surface area (Å²) in [6, 6.07) is 14.6. The molecule has 2 unspecified atom stereocenters. The highest BCUT2D eigenvalue weighted by Crippen LogP contribution is 2.39. The first-order chi connectivity index (χ1) is 20.3. The molecular weight excluding hydrogens is 622 g/mol. The molecule has 0 aliphatic rings. The first-order valence-corrected chi connectivity index (χ1v) is 15.6. The summed E-state index contributed by atoms with van der Waals surface area (Å²) in [5.74, 6) is -1.19. The number of nitrogens with one attached hydrogen (secondary N) is 1. The number of carbonyl (C=O) groups excluding carboxylic acids is 3. The highest BCUT2D eigenvalue weighted by atomic mass is 79.9. The van der Waals surface area contributed by atoms with Crippen LogP contribution in [-0.2, 0) is 14.4 Å². The van der Waals surface area contributed by atoms with Crippen LogP contribution >= 0.6 is 27.5 Å². The fourth-order valence-corrected chi connectivity index (χ4v) is 5.61. The summed E-state index contributed by atoms with van der Waals surface area (Å²) < 4.78 is 11.5. The number of anilines is 1. The fraction of sp³-hybridized carbons (Fsp3) is 0.438. The van der Waals surface area contributed by atoms with Crippen molar-refractivity contribution in [2.24, 2.45) is 0 Å². The molecular formula is C32H39BrClN3O5. The Balaban J connectivity index is 2.01. The zero-order chi connectivity index (χ0) is 30.5. The average Bonchev–Trinajstić information content (AvgIpc) is 3.45. The number of halogens is 2. The Bertz CT molecular complexity index is 1300. The first kappa shape index (κ1) is 33.3. The summed E-state index contributed by atoms with van der Waals surface area (Å²) in [4.78, 5) is 40.9. The second-order valence-electron chi connectivity index (χ2n) is 10.1. The van der Waals surface area contributed by atoms with Gasteiger partial charge in [0.25, 0.3) is 5.91 Å². The van der Waals surface area contributed by atoms with Gasteiger partial charge in [-0.2, -0.15) is 5.10 Å². The second kappa shape index (κ2) is 16.5. The summed E-state index contributed by atoms with van der Waals surface area (Å²) in [6.07, 6.45) is 8.72. The Morgan fingerprint density at radius 3 is 2.19 bits per heavy atom. The smallest absolute Gasteiger partial charge is 0.421 e. The van der Waals surface area contributed by atoms with Crippen LogP contribution in [0.1, 0.15) is 87.7 Å². The molecule has 3 rings (SSSR count). The van der Waals surface area contributed by atoms with Gasteiger partial charge in [-0.15, -0.1) is 0 Å². The van der Waals surface area contributed by atoms with Gasteiger partial charge in [0.2, 0.25) is 4.87 Å². The summed E-state index contributed by atoms with van der Waals surface area (Å²) in [6.45, 7) is 4.24. The van der Waals surface area contributed by atoms with Crippen molar-refractivity contribution in [1.82, 2.24) is 10.2 Å².